The van der Waals surface area contributed by atoms with Crippen molar-refractivity contribution in [2.45, 2.75) is 25.8 Å². The van der Waals surface area contributed by atoms with Gasteiger partial charge in [-0.15, -0.1) is 0 Å². The predicted molar refractivity (Wildman–Crippen MR) is 89.1 cm³/mol. The first-order valence-corrected chi connectivity index (χ1v) is 9.02. The number of amides is 2. The zero-order valence-corrected chi connectivity index (χ0v) is 13.6. The number of aromatic amines is 1. The lowest BCUT2D eigenvalue weighted by Crippen LogP contribution is -2.38. The van der Waals surface area contributed by atoms with Gasteiger partial charge in [-0.2, -0.15) is 0 Å². The van der Waals surface area contributed by atoms with Crippen molar-refractivity contribution in [3.8, 4) is 0 Å². The second kappa shape index (κ2) is 5.69. The first-order valence-electron chi connectivity index (χ1n) is 7.30. The highest BCUT2D eigenvalue weighted by atomic mass is 32.2. The smallest absolute Gasteiger partial charge is 0.319 e. The molecule has 0 fully saturated rings. The topological polar surface area (TPSA) is 104 Å². The molecule has 2 aromatic rings. The van der Waals surface area contributed by atoms with Gasteiger partial charge in [0.15, 0.2) is 9.84 Å². The van der Waals surface area contributed by atoms with Gasteiger partial charge in [0.2, 0.25) is 0 Å². The maximum Gasteiger partial charge on any atom is 0.319 e. The molecular weight excluding hydrogens is 316 g/mol. The van der Waals surface area contributed by atoms with Crippen LogP contribution in [-0.2, 0) is 9.84 Å². The van der Waals surface area contributed by atoms with Crippen LogP contribution >= 0.6 is 0 Å². The fraction of sp³-hybridized carbons (Fsp3) is 0.333. The Balaban J connectivity index is 1.69. The maximum absolute atomic E-state index is 12.0. The third kappa shape index (κ3) is 3.53. The fourth-order valence-corrected chi connectivity index (χ4v) is 3.62. The number of carbonyl (C=O) groups is 1. The van der Waals surface area contributed by atoms with Crippen LogP contribution in [0.3, 0.4) is 0 Å². The molecule has 3 N–H and O–H groups in total. The quantitative estimate of drug-likeness (QED) is 0.799. The summed E-state index contributed by atoms with van der Waals surface area (Å²) in [6.45, 7) is 4.10. The lowest BCUT2D eigenvalue weighted by Gasteiger charge is -2.11. The van der Waals surface area contributed by atoms with Crippen LogP contribution in [0.5, 0.6) is 0 Å². The number of aromatic nitrogens is 2. The summed E-state index contributed by atoms with van der Waals surface area (Å²) in [5.74, 6) is 1.08. The number of nitrogens with one attached hydrogen (secondary N) is 3. The molecule has 1 aromatic heterocycles. The average molecular weight is 334 g/mol. The highest BCUT2D eigenvalue weighted by Gasteiger charge is 2.23. The minimum atomic E-state index is -3.18. The van der Waals surface area contributed by atoms with E-state index in [-0.39, 0.29) is 5.75 Å². The largest absolute Gasteiger partial charge is 0.342 e. The summed E-state index contributed by atoms with van der Waals surface area (Å²) in [5, 5.41) is 6.44. The molecule has 7 nitrogen and oxygen atoms in total. The van der Waals surface area contributed by atoms with Gasteiger partial charge in [0.05, 0.1) is 22.8 Å². The van der Waals surface area contributed by atoms with Crippen molar-refractivity contribution in [2.75, 3.05) is 11.1 Å². The van der Waals surface area contributed by atoms with Gasteiger partial charge in [-0.3, -0.25) is 0 Å². The summed E-state index contributed by atoms with van der Waals surface area (Å²) in [6, 6.07) is 4.44. The van der Waals surface area contributed by atoms with E-state index < -0.39 is 21.9 Å². The molecule has 2 heterocycles. The van der Waals surface area contributed by atoms with E-state index in [0.29, 0.717) is 11.6 Å². The molecule has 1 aliphatic rings. The molecule has 0 aliphatic carbocycles. The van der Waals surface area contributed by atoms with Crippen molar-refractivity contribution >= 4 is 32.6 Å². The molecule has 23 heavy (non-hydrogen) atoms. The fourth-order valence-electron chi connectivity index (χ4n) is 2.38. The Labute approximate surface area is 134 Å². The number of hydrogen-bond acceptors (Lipinski definition) is 4. The van der Waals surface area contributed by atoms with Crippen molar-refractivity contribution in [3.05, 3.63) is 35.5 Å². The molecule has 1 unspecified atom stereocenters. The number of benzene rings is 1. The standard InChI is InChI=1S/C15H18N4O3S/c1-9(2)14-18-12-4-3-10(7-13(12)19-14)16-15(20)17-11-5-6-23(21,22)8-11/h3-7,9,11H,8H2,1-2H3,(H,18,19)(H2,16,17,20). The second-order valence-corrected chi connectivity index (χ2v) is 7.80. The molecule has 1 aliphatic heterocycles. The minimum Gasteiger partial charge on any atom is -0.342 e. The van der Waals surface area contributed by atoms with E-state index in [4.69, 9.17) is 0 Å². The van der Waals surface area contributed by atoms with Crippen LogP contribution in [-0.4, -0.2) is 36.2 Å². The zero-order valence-electron chi connectivity index (χ0n) is 12.8. The van der Waals surface area contributed by atoms with Crippen LogP contribution in [0.1, 0.15) is 25.6 Å². The number of carbonyl (C=O) groups excluding carboxylic acids is 1. The van der Waals surface area contributed by atoms with E-state index in [9.17, 15) is 13.2 Å². The van der Waals surface area contributed by atoms with Crippen LogP contribution in [0.4, 0.5) is 10.5 Å². The summed E-state index contributed by atoms with van der Waals surface area (Å²) in [6.07, 6.45) is 1.47. The number of anilines is 1. The summed E-state index contributed by atoms with van der Waals surface area (Å²) in [5.41, 5.74) is 2.29. The number of imidazole rings is 1. The zero-order chi connectivity index (χ0) is 16.6. The molecule has 3 rings (SSSR count). The van der Waals surface area contributed by atoms with Gasteiger partial charge in [0, 0.05) is 17.0 Å². The number of sulfone groups is 1. The highest BCUT2D eigenvalue weighted by molar-refractivity contribution is 7.94. The third-order valence-corrected chi connectivity index (χ3v) is 4.95. The lowest BCUT2D eigenvalue weighted by molar-refractivity contribution is 0.251. The maximum atomic E-state index is 12.0. The number of fused-ring (bicyclic) bond motifs is 1. The molecule has 0 radical (unpaired) electrons. The summed E-state index contributed by atoms with van der Waals surface area (Å²) < 4.78 is 22.6. The van der Waals surface area contributed by atoms with Gasteiger partial charge in [-0.1, -0.05) is 13.8 Å². The van der Waals surface area contributed by atoms with Crippen molar-refractivity contribution in [1.29, 1.82) is 0 Å². The van der Waals surface area contributed by atoms with Gasteiger partial charge in [-0.25, -0.2) is 18.2 Å². The first-order chi connectivity index (χ1) is 10.8. The molecular formula is C15H18N4O3S. The number of rotatable bonds is 3. The first kappa shape index (κ1) is 15.5. The van der Waals surface area contributed by atoms with Crippen molar-refractivity contribution in [3.63, 3.8) is 0 Å². The number of H-pyrrole nitrogens is 1. The minimum absolute atomic E-state index is 0.0995. The molecule has 2 amide bonds. The van der Waals surface area contributed by atoms with Crippen LogP contribution in [0.2, 0.25) is 0 Å². The van der Waals surface area contributed by atoms with Crippen molar-refractivity contribution in [1.82, 2.24) is 15.3 Å². The van der Waals surface area contributed by atoms with E-state index >= 15 is 0 Å². The molecule has 1 atom stereocenters. The molecule has 122 valence electrons. The van der Waals surface area contributed by atoms with Crippen molar-refractivity contribution < 1.29 is 13.2 Å². The average Bonchev–Trinajstić information content (AvgIpc) is 3.01. The van der Waals surface area contributed by atoms with E-state index in [1.54, 1.807) is 12.1 Å². The number of nitrogens with zero attached hydrogens (tertiary/aromatic N) is 1. The Bertz CT molecular complexity index is 883. The summed E-state index contributed by atoms with van der Waals surface area (Å²) in [4.78, 5) is 19.6. The van der Waals surface area contributed by atoms with Crippen molar-refractivity contribution in [2.24, 2.45) is 0 Å². The summed E-state index contributed by atoms with van der Waals surface area (Å²) >= 11 is 0. The van der Waals surface area contributed by atoms with Crippen LogP contribution in [0.15, 0.2) is 29.7 Å². The van der Waals surface area contributed by atoms with E-state index in [1.807, 2.05) is 19.9 Å². The van der Waals surface area contributed by atoms with Gasteiger partial charge in [0.1, 0.15) is 5.82 Å². The van der Waals surface area contributed by atoms with Gasteiger partial charge in [-0.05, 0) is 24.3 Å². The highest BCUT2D eigenvalue weighted by Crippen LogP contribution is 2.20. The number of urea groups is 1. The van der Waals surface area contributed by atoms with Gasteiger partial charge in [0.25, 0.3) is 0 Å². The molecule has 0 saturated heterocycles. The van der Waals surface area contributed by atoms with E-state index in [0.717, 1.165) is 22.3 Å². The number of hydrogen-bond donors (Lipinski definition) is 3. The molecule has 0 spiro atoms. The Hall–Kier alpha value is -2.35. The molecule has 8 heteroatoms. The van der Waals surface area contributed by atoms with Gasteiger partial charge >= 0.3 is 6.03 Å². The predicted octanol–water partition coefficient (Wildman–Crippen LogP) is 2.12. The third-order valence-electron chi connectivity index (χ3n) is 3.55. The van der Waals surface area contributed by atoms with E-state index in [1.165, 1.54) is 6.08 Å². The van der Waals surface area contributed by atoms with E-state index in [2.05, 4.69) is 20.6 Å². The second-order valence-electron chi connectivity index (χ2n) is 5.87. The summed E-state index contributed by atoms with van der Waals surface area (Å²) in [7, 11) is -3.18. The van der Waals surface area contributed by atoms with Crippen LogP contribution < -0.4 is 10.6 Å². The Morgan fingerprint density at radius 1 is 1.39 bits per heavy atom. The lowest BCUT2D eigenvalue weighted by atomic mass is 10.2. The Morgan fingerprint density at radius 2 is 2.17 bits per heavy atom. The normalized spacial score (nSPS) is 19.3. The Morgan fingerprint density at radius 3 is 2.83 bits per heavy atom. The van der Waals surface area contributed by atoms with Gasteiger partial charge < -0.3 is 15.6 Å². The Kier molecular flexibility index (Phi) is 3.85. The SMILES string of the molecule is CC(C)c1nc2ccc(NC(=O)NC3C=CS(=O)(=O)C3)cc2[nH]1. The molecule has 1 aromatic carbocycles. The van der Waals surface area contributed by atoms with Crippen LogP contribution in [0, 0.1) is 0 Å². The molecule has 0 bridgehead atoms. The molecule has 0 saturated carbocycles. The van der Waals surface area contributed by atoms with Crippen LogP contribution in [0.25, 0.3) is 11.0 Å². The monoisotopic (exact) mass is 334 g/mol.